The lowest BCUT2D eigenvalue weighted by Gasteiger charge is -2.35. The SMILES string of the molecule is COC1(C(=O)NC(C)c2cccc(Cl)c2)CCNCC1. The Morgan fingerprint density at radius 2 is 2.15 bits per heavy atom. The predicted octanol–water partition coefficient (Wildman–Crippen LogP) is 2.29. The fraction of sp³-hybridized carbons (Fsp3) is 0.533. The van der Waals surface area contributed by atoms with E-state index in [0.29, 0.717) is 17.9 Å². The number of ether oxygens (including phenoxy) is 1. The first-order valence-electron chi connectivity index (χ1n) is 6.90. The van der Waals surface area contributed by atoms with E-state index in [4.69, 9.17) is 16.3 Å². The van der Waals surface area contributed by atoms with Crippen molar-refractivity contribution in [1.82, 2.24) is 10.6 Å². The molecule has 0 aromatic heterocycles. The molecule has 20 heavy (non-hydrogen) atoms. The van der Waals surface area contributed by atoms with Crippen molar-refractivity contribution in [2.75, 3.05) is 20.2 Å². The Hall–Kier alpha value is -1.10. The second-order valence-corrected chi connectivity index (χ2v) is 5.64. The molecule has 110 valence electrons. The number of nitrogens with one attached hydrogen (secondary N) is 2. The minimum atomic E-state index is -0.710. The summed E-state index contributed by atoms with van der Waals surface area (Å²) >= 11 is 5.98. The van der Waals surface area contributed by atoms with Gasteiger partial charge in [-0.05, 0) is 50.6 Å². The lowest BCUT2D eigenvalue weighted by atomic mass is 9.90. The second-order valence-electron chi connectivity index (χ2n) is 5.20. The van der Waals surface area contributed by atoms with Gasteiger partial charge in [0.15, 0.2) is 0 Å². The first-order valence-corrected chi connectivity index (χ1v) is 7.27. The topological polar surface area (TPSA) is 50.4 Å². The van der Waals surface area contributed by atoms with Crippen LogP contribution in [-0.4, -0.2) is 31.7 Å². The third-order valence-electron chi connectivity index (χ3n) is 3.91. The van der Waals surface area contributed by atoms with Crippen molar-refractivity contribution in [3.8, 4) is 0 Å². The second kappa shape index (κ2) is 6.57. The van der Waals surface area contributed by atoms with E-state index in [1.165, 1.54) is 0 Å². The molecule has 0 radical (unpaired) electrons. The fourth-order valence-corrected chi connectivity index (χ4v) is 2.74. The summed E-state index contributed by atoms with van der Waals surface area (Å²) in [5.74, 6) is -0.0472. The van der Waals surface area contributed by atoms with Gasteiger partial charge in [-0.3, -0.25) is 4.79 Å². The molecule has 1 fully saturated rings. The number of methoxy groups -OCH3 is 1. The highest BCUT2D eigenvalue weighted by Crippen LogP contribution is 2.25. The van der Waals surface area contributed by atoms with Gasteiger partial charge in [-0.15, -0.1) is 0 Å². The van der Waals surface area contributed by atoms with Crippen LogP contribution in [0, 0.1) is 0 Å². The quantitative estimate of drug-likeness (QED) is 0.896. The van der Waals surface area contributed by atoms with Crippen LogP contribution in [-0.2, 0) is 9.53 Å². The van der Waals surface area contributed by atoms with Crippen molar-refractivity contribution in [1.29, 1.82) is 0 Å². The maximum atomic E-state index is 12.5. The highest BCUT2D eigenvalue weighted by Gasteiger charge is 2.40. The predicted molar refractivity (Wildman–Crippen MR) is 79.9 cm³/mol. The minimum Gasteiger partial charge on any atom is -0.368 e. The zero-order valence-corrected chi connectivity index (χ0v) is 12.7. The summed E-state index contributed by atoms with van der Waals surface area (Å²) in [4.78, 5) is 12.5. The number of halogens is 1. The molecule has 1 atom stereocenters. The van der Waals surface area contributed by atoms with Crippen LogP contribution in [0.2, 0.25) is 5.02 Å². The first kappa shape index (κ1) is 15.3. The van der Waals surface area contributed by atoms with Crippen molar-refractivity contribution < 1.29 is 9.53 Å². The third kappa shape index (κ3) is 3.32. The molecule has 1 aliphatic heterocycles. The molecule has 0 aliphatic carbocycles. The van der Waals surface area contributed by atoms with Gasteiger partial charge in [-0.25, -0.2) is 0 Å². The zero-order valence-electron chi connectivity index (χ0n) is 11.9. The molecule has 1 aliphatic rings. The first-order chi connectivity index (χ1) is 9.57. The van der Waals surface area contributed by atoms with E-state index in [1.807, 2.05) is 31.2 Å². The number of hydrogen-bond donors (Lipinski definition) is 2. The van der Waals surface area contributed by atoms with Gasteiger partial charge in [0.05, 0.1) is 6.04 Å². The molecular weight excluding hydrogens is 276 g/mol. The van der Waals surface area contributed by atoms with Crippen LogP contribution in [0.3, 0.4) is 0 Å². The average molecular weight is 297 g/mol. The van der Waals surface area contributed by atoms with Crippen LogP contribution in [0.1, 0.15) is 31.4 Å². The van der Waals surface area contributed by atoms with Gasteiger partial charge in [0.25, 0.3) is 5.91 Å². The van der Waals surface area contributed by atoms with Crippen molar-refractivity contribution in [2.45, 2.75) is 31.4 Å². The number of piperidine rings is 1. The van der Waals surface area contributed by atoms with E-state index in [9.17, 15) is 4.79 Å². The summed E-state index contributed by atoms with van der Waals surface area (Å²) in [7, 11) is 1.61. The molecule has 4 nitrogen and oxygen atoms in total. The molecule has 1 saturated heterocycles. The van der Waals surface area contributed by atoms with Crippen molar-refractivity contribution in [3.63, 3.8) is 0 Å². The molecule has 0 bridgehead atoms. The zero-order chi connectivity index (χ0) is 14.6. The van der Waals surface area contributed by atoms with Crippen LogP contribution >= 0.6 is 11.6 Å². The Morgan fingerprint density at radius 3 is 2.75 bits per heavy atom. The van der Waals surface area contributed by atoms with Gasteiger partial charge in [-0.1, -0.05) is 23.7 Å². The summed E-state index contributed by atoms with van der Waals surface area (Å²) in [6.45, 7) is 3.55. The Kier molecular flexibility index (Phi) is 5.02. The van der Waals surface area contributed by atoms with Crippen molar-refractivity contribution in [3.05, 3.63) is 34.9 Å². The lowest BCUT2D eigenvalue weighted by Crippen LogP contribution is -2.54. The van der Waals surface area contributed by atoms with Gasteiger partial charge in [0.1, 0.15) is 5.60 Å². The smallest absolute Gasteiger partial charge is 0.252 e. The lowest BCUT2D eigenvalue weighted by molar-refractivity contribution is -0.147. The Balaban J connectivity index is 2.06. The summed E-state index contributed by atoms with van der Waals surface area (Å²) < 4.78 is 5.52. The molecule has 1 amide bonds. The molecule has 1 heterocycles. The average Bonchev–Trinajstić information content (AvgIpc) is 2.47. The van der Waals surface area contributed by atoms with Crippen LogP contribution in [0.5, 0.6) is 0 Å². The van der Waals surface area contributed by atoms with E-state index in [-0.39, 0.29) is 11.9 Å². The number of benzene rings is 1. The van der Waals surface area contributed by atoms with Gasteiger partial charge < -0.3 is 15.4 Å². The molecule has 5 heteroatoms. The fourth-order valence-electron chi connectivity index (χ4n) is 2.54. The number of rotatable bonds is 4. The summed E-state index contributed by atoms with van der Waals surface area (Å²) in [6, 6.07) is 7.44. The molecule has 0 saturated carbocycles. The molecule has 1 unspecified atom stereocenters. The monoisotopic (exact) mass is 296 g/mol. The van der Waals surface area contributed by atoms with Crippen LogP contribution in [0.4, 0.5) is 0 Å². The number of amides is 1. The van der Waals surface area contributed by atoms with Crippen molar-refractivity contribution in [2.24, 2.45) is 0 Å². The molecule has 1 aromatic carbocycles. The van der Waals surface area contributed by atoms with E-state index in [2.05, 4.69) is 10.6 Å². The molecular formula is C15H21ClN2O2. The van der Waals surface area contributed by atoms with E-state index < -0.39 is 5.60 Å². The van der Waals surface area contributed by atoms with E-state index >= 15 is 0 Å². The van der Waals surface area contributed by atoms with E-state index in [0.717, 1.165) is 18.7 Å². The maximum Gasteiger partial charge on any atom is 0.252 e. The van der Waals surface area contributed by atoms with Crippen LogP contribution in [0.15, 0.2) is 24.3 Å². The van der Waals surface area contributed by atoms with Gasteiger partial charge in [0.2, 0.25) is 0 Å². The van der Waals surface area contributed by atoms with E-state index in [1.54, 1.807) is 7.11 Å². The van der Waals surface area contributed by atoms with Crippen LogP contribution in [0.25, 0.3) is 0 Å². The summed E-state index contributed by atoms with van der Waals surface area (Å²) in [5, 5.41) is 6.95. The number of carbonyl (C=O) groups excluding carboxylic acids is 1. The molecule has 0 spiro atoms. The van der Waals surface area contributed by atoms with Crippen molar-refractivity contribution >= 4 is 17.5 Å². The number of carbonyl (C=O) groups is 1. The molecule has 1 aromatic rings. The third-order valence-corrected chi connectivity index (χ3v) is 4.15. The summed E-state index contributed by atoms with van der Waals surface area (Å²) in [5.41, 5.74) is 0.281. The number of hydrogen-bond acceptors (Lipinski definition) is 3. The van der Waals surface area contributed by atoms with Crippen LogP contribution < -0.4 is 10.6 Å². The molecule has 2 rings (SSSR count). The maximum absolute atomic E-state index is 12.5. The Labute approximate surface area is 124 Å². The van der Waals surface area contributed by atoms with Gasteiger partial charge >= 0.3 is 0 Å². The highest BCUT2D eigenvalue weighted by molar-refractivity contribution is 6.30. The molecule has 2 N–H and O–H groups in total. The summed E-state index contributed by atoms with van der Waals surface area (Å²) in [6.07, 6.45) is 1.38. The standard InChI is InChI=1S/C15H21ClN2O2/c1-11(12-4-3-5-13(16)10-12)18-14(19)15(20-2)6-8-17-9-7-15/h3-5,10-11,17H,6-9H2,1-2H3,(H,18,19). The van der Waals surface area contributed by atoms with Gasteiger partial charge in [0, 0.05) is 12.1 Å². The van der Waals surface area contributed by atoms with Gasteiger partial charge in [-0.2, -0.15) is 0 Å². The normalized spacial score (nSPS) is 19.4. The minimum absolute atomic E-state index is 0.0472. The Morgan fingerprint density at radius 1 is 1.45 bits per heavy atom. The highest BCUT2D eigenvalue weighted by atomic mass is 35.5. The largest absolute Gasteiger partial charge is 0.368 e. The Bertz CT molecular complexity index is 473.